The number of quaternary nitrogens is 1. The Morgan fingerprint density at radius 3 is 1.72 bits per heavy atom. The zero-order valence-corrected chi connectivity index (χ0v) is 14.7. The van der Waals surface area contributed by atoms with Gasteiger partial charge in [0.05, 0.1) is 19.7 Å². The molecule has 3 nitrogen and oxygen atoms in total. The average Bonchev–Trinajstić information content (AvgIpc) is 2.62. The SMILES string of the molecule is CC[NH+](CC)C[C@@H](O)COC(c1ccc(F)cc1)c1ccc(F)cc1. The van der Waals surface area contributed by atoms with E-state index in [1.54, 1.807) is 24.3 Å². The number of likely N-dealkylation sites (N-methyl/N-ethyl adjacent to an activating group) is 1. The van der Waals surface area contributed by atoms with Crippen molar-refractivity contribution < 1.29 is 23.5 Å². The molecule has 0 amide bonds. The fourth-order valence-electron chi connectivity index (χ4n) is 2.80. The van der Waals surface area contributed by atoms with Crippen molar-refractivity contribution in [1.29, 1.82) is 0 Å². The van der Waals surface area contributed by atoms with E-state index in [-0.39, 0.29) is 18.2 Å². The van der Waals surface area contributed by atoms with Gasteiger partial charge < -0.3 is 14.7 Å². The molecule has 2 aromatic rings. The summed E-state index contributed by atoms with van der Waals surface area (Å²) < 4.78 is 32.4. The Labute approximate surface area is 147 Å². The summed E-state index contributed by atoms with van der Waals surface area (Å²) in [4.78, 5) is 1.29. The van der Waals surface area contributed by atoms with Gasteiger partial charge in [0.25, 0.3) is 0 Å². The normalized spacial score (nSPS) is 12.8. The van der Waals surface area contributed by atoms with Crippen LogP contribution in [0.1, 0.15) is 31.1 Å². The van der Waals surface area contributed by atoms with E-state index in [1.807, 2.05) is 0 Å². The molecule has 0 aliphatic heterocycles. The van der Waals surface area contributed by atoms with Gasteiger partial charge >= 0.3 is 0 Å². The van der Waals surface area contributed by atoms with Crippen molar-refractivity contribution in [3.05, 3.63) is 71.3 Å². The number of halogens is 2. The van der Waals surface area contributed by atoms with Gasteiger partial charge in [0.2, 0.25) is 0 Å². The largest absolute Gasteiger partial charge is 0.385 e. The van der Waals surface area contributed by atoms with Crippen LogP contribution in [0.15, 0.2) is 48.5 Å². The monoisotopic (exact) mass is 350 g/mol. The van der Waals surface area contributed by atoms with Gasteiger partial charge in [-0.05, 0) is 49.2 Å². The first kappa shape index (κ1) is 19.5. The molecule has 0 unspecified atom stereocenters. The molecule has 0 aromatic heterocycles. The van der Waals surface area contributed by atoms with Crippen LogP contribution >= 0.6 is 0 Å². The van der Waals surface area contributed by atoms with Crippen LogP contribution < -0.4 is 4.90 Å². The molecule has 0 aliphatic rings. The van der Waals surface area contributed by atoms with Gasteiger partial charge in [0, 0.05) is 0 Å². The van der Waals surface area contributed by atoms with Crippen molar-refractivity contribution in [3.8, 4) is 0 Å². The van der Waals surface area contributed by atoms with Crippen LogP contribution in [0.5, 0.6) is 0 Å². The molecule has 0 aliphatic carbocycles. The summed E-state index contributed by atoms with van der Waals surface area (Å²) in [6, 6.07) is 12.0. The number of rotatable bonds is 9. The molecular weight excluding hydrogens is 324 g/mol. The minimum absolute atomic E-state index is 0.156. The molecule has 25 heavy (non-hydrogen) atoms. The maximum Gasteiger partial charge on any atom is 0.126 e. The molecule has 136 valence electrons. The fraction of sp³-hybridized carbons (Fsp3) is 0.400. The zero-order valence-electron chi connectivity index (χ0n) is 14.7. The van der Waals surface area contributed by atoms with E-state index < -0.39 is 12.2 Å². The predicted molar refractivity (Wildman–Crippen MR) is 93.5 cm³/mol. The smallest absolute Gasteiger partial charge is 0.126 e. The highest BCUT2D eigenvalue weighted by Crippen LogP contribution is 2.26. The minimum Gasteiger partial charge on any atom is -0.385 e. The second-order valence-electron chi connectivity index (χ2n) is 6.13. The first-order valence-electron chi connectivity index (χ1n) is 8.67. The van der Waals surface area contributed by atoms with Crippen molar-refractivity contribution in [2.75, 3.05) is 26.2 Å². The Kier molecular flexibility index (Phi) is 7.50. The van der Waals surface area contributed by atoms with Crippen LogP contribution in [-0.2, 0) is 4.74 Å². The number of hydrogen-bond acceptors (Lipinski definition) is 2. The van der Waals surface area contributed by atoms with Crippen LogP contribution in [0.2, 0.25) is 0 Å². The highest BCUT2D eigenvalue weighted by Gasteiger charge is 2.19. The van der Waals surface area contributed by atoms with Crippen molar-refractivity contribution in [1.82, 2.24) is 0 Å². The van der Waals surface area contributed by atoms with Gasteiger partial charge in [-0.1, -0.05) is 24.3 Å². The van der Waals surface area contributed by atoms with Gasteiger partial charge in [0.1, 0.15) is 30.4 Å². The second-order valence-corrected chi connectivity index (χ2v) is 6.13. The van der Waals surface area contributed by atoms with Crippen molar-refractivity contribution in [2.24, 2.45) is 0 Å². The third kappa shape index (κ3) is 5.88. The van der Waals surface area contributed by atoms with E-state index in [0.717, 1.165) is 24.2 Å². The fourth-order valence-corrected chi connectivity index (χ4v) is 2.80. The van der Waals surface area contributed by atoms with Crippen molar-refractivity contribution in [2.45, 2.75) is 26.1 Å². The molecule has 5 heteroatoms. The van der Waals surface area contributed by atoms with E-state index in [4.69, 9.17) is 4.74 Å². The average molecular weight is 350 g/mol. The topological polar surface area (TPSA) is 33.9 Å². The van der Waals surface area contributed by atoms with Gasteiger partial charge in [-0.25, -0.2) is 8.78 Å². The van der Waals surface area contributed by atoms with Crippen LogP contribution in [0.3, 0.4) is 0 Å². The highest BCUT2D eigenvalue weighted by atomic mass is 19.1. The van der Waals surface area contributed by atoms with E-state index in [0.29, 0.717) is 6.54 Å². The van der Waals surface area contributed by atoms with Crippen LogP contribution in [0, 0.1) is 11.6 Å². The van der Waals surface area contributed by atoms with Gasteiger partial charge in [-0.3, -0.25) is 0 Å². The number of aliphatic hydroxyl groups excluding tert-OH is 1. The molecule has 0 spiro atoms. The van der Waals surface area contributed by atoms with E-state index >= 15 is 0 Å². The van der Waals surface area contributed by atoms with Gasteiger partial charge in [-0.2, -0.15) is 0 Å². The summed E-state index contributed by atoms with van der Waals surface area (Å²) in [5, 5.41) is 10.2. The summed E-state index contributed by atoms with van der Waals surface area (Å²) in [7, 11) is 0. The van der Waals surface area contributed by atoms with Crippen LogP contribution in [0.25, 0.3) is 0 Å². The Balaban J connectivity index is 2.12. The van der Waals surface area contributed by atoms with Crippen molar-refractivity contribution >= 4 is 0 Å². The number of aliphatic hydroxyl groups is 1. The second kappa shape index (κ2) is 9.61. The lowest BCUT2D eigenvalue weighted by Crippen LogP contribution is -3.12. The Morgan fingerprint density at radius 1 is 0.880 bits per heavy atom. The van der Waals surface area contributed by atoms with E-state index in [1.165, 1.54) is 29.2 Å². The third-order valence-electron chi connectivity index (χ3n) is 4.33. The lowest BCUT2D eigenvalue weighted by molar-refractivity contribution is -0.899. The van der Waals surface area contributed by atoms with Gasteiger partial charge in [-0.15, -0.1) is 0 Å². The zero-order chi connectivity index (χ0) is 18.2. The molecular formula is C20H26F2NO2+. The van der Waals surface area contributed by atoms with E-state index in [9.17, 15) is 13.9 Å². The number of ether oxygens (including phenoxy) is 1. The lowest BCUT2D eigenvalue weighted by Gasteiger charge is -2.23. The first-order valence-corrected chi connectivity index (χ1v) is 8.67. The molecule has 0 radical (unpaired) electrons. The van der Waals surface area contributed by atoms with Crippen LogP contribution in [-0.4, -0.2) is 37.5 Å². The molecule has 0 saturated carbocycles. The summed E-state index contributed by atoms with van der Waals surface area (Å²) in [5.74, 6) is -0.654. The lowest BCUT2D eigenvalue weighted by atomic mass is 10.0. The quantitative estimate of drug-likeness (QED) is 0.728. The van der Waals surface area contributed by atoms with Crippen LogP contribution in [0.4, 0.5) is 8.78 Å². The maximum atomic E-state index is 13.2. The predicted octanol–water partition coefficient (Wildman–Crippen LogP) is 2.36. The molecule has 2 aromatic carbocycles. The Bertz CT molecular complexity index is 582. The standard InChI is InChI=1S/C20H25F2NO2/c1-3-23(4-2)13-19(24)14-25-20(15-5-9-17(21)10-6-15)16-7-11-18(22)12-8-16/h5-12,19-20,24H,3-4,13-14H2,1-2H3/p+1/t19-/m1/s1. The maximum absolute atomic E-state index is 13.2. The summed E-state index contributed by atoms with van der Waals surface area (Å²) in [5.41, 5.74) is 1.52. The summed E-state index contributed by atoms with van der Waals surface area (Å²) in [6.07, 6.45) is -1.08. The summed E-state index contributed by atoms with van der Waals surface area (Å²) >= 11 is 0. The Hall–Kier alpha value is -1.82. The molecule has 2 rings (SSSR count). The molecule has 0 saturated heterocycles. The third-order valence-corrected chi connectivity index (χ3v) is 4.33. The molecule has 1 atom stereocenters. The molecule has 0 fully saturated rings. The first-order chi connectivity index (χ1) is 12.0. The molecule has 0 bridgehead atoms. The van der Waals surface area contributed by atoms with E-state index in [2.05, 4.69) is 13.8 Å². The number of benzene rings is 2. The molecule has 2 N–H and O–H groups in total. The van der Waals surface area contributed by atoms with Crippen molar-refractivity contribution in [3.63, 3.8) is 0 Å². The molecule has 0 heterocycles. The highest BCUT2D eigenvalue weighted by molar-refractivity contribution is 5.30. The number of hydrogen-bond donors (Lipinski definition) is 2. The van der Waals surface area contributed by atoms with Gasteiger partial charge in [0.15, 0.2) is 0 Å². The minimum atomic E-state index is -0.599. The number of nitrogens with one attached hydrogen (secondary N) is 1. The summed E-state index contributed by atoms with van der Waals surface area (Å²) in [6.45, 7) is 6.79. The Morgan fingerprint density at radius 2 is 1.32 bits per heavy atom.